The van der Waals surface area contributed by atoms with Gasteiger partial charge in [0.1, 0.15) is 11.5 Å². The smallest absolute Gasteiger partial charge is 0.259 e. The van der Waals surface area contributed by atoms with E-state index in [1.807, 2.05) is 18.2 Å². The van der Waals surface area contributed by atoms with E-state index in [1.165, 1.54) is 12.1 Å². The van der Waals surface area contributed by atoms with Crippen LogP contribution < -0.4 is 10.1 Å². The van der Waals surface area contributed by atoms with Gasteiger partial charge in [0.15, 0.2) is 5.75 Å². The average Bonchev–Trinajstić information content (AvgIpc) is 2.60. The van der Waals surface area contributed by atoms with Gasteiger partial charge in [-0.2, -0.15) is 0 Å². The lowest BCUT2D eigenvalue weighted by Gasteiger charge is -2.13. The summed E-state index contributed by atoms with van der Waals surface area (Å²) in [5, 5.41) is 13.0. The van der Waals surface area contributed by atoms with Gasteiger partial charge in [0, 0.05) is 5.02 Å². The van der Waals surface area contributed by atoms with Crippen LogP contribution in [0.5, 0.6) is 17.2 Å². The summed E-state index contributed by atoms with van der Waals surface area (Å²) in [5.41, 5.74) is 0.430. The minimum absolute atomic E-state index is 0.00599. The van der Waals surface area contributed by atoms with Crippen molar-refractivity contribution in [1.29, 1.82) is 0 Å². The van der Waals surface area contributed by atoms with E-state index >= 15 is 0 Å². The van der Waals surface area contributed by atoms with E-state index in [9.17, 15) is 9.90 Å². The monoisotopic (exact) mass is 373 g/mol. The van der Waals surface area contributed by atoms with Crippen LogP contribution in [0.4, 0.5) is 5.69 Å². The average molecular weight is 374 g/mol. The molecule has 0 saturated heterocycles. The number of hydrogen-bond donors (Lipinski definition) is 2. The molecule has 0 fully saturated rings. The number of phenolic OH excluding ortho intramolecular Hbond substituents is 1. The van der Waals surface area contributed by atoms with Crippen molar-refractivity contribution >= 4 is 34.8 Å². The van der Waals surface area contributed by atoms with E-state index in [2.05, 4.69) is 5.32 Å². The molecule has 1 amide bonds. The summed E-state index contributed by atoms with van der Waals surface area (Å²) in [6.07, 6.45) is 0. The number of amides is 1. The van der Waals surface area contributed by atoms with Crippen molar-refractivity contribution in [1.82, 2.24) is 0 Å². The summed E-state index contributed by atoms with van der Waals surface area (Å²) in [4.78, 5) is 12.5. The quantitative estimate of drug-likeness (QED) is 0.612. The molecule has 0 aromatic heterocycles. The molecule has 0 saturated carbocycles. The van der Waals surface area contributed by atoms with Gasteiger partial charge in [0.05, 0.1) is 16.3 Å². The maximum Gasteiger partial charge on any atom is 0.259 e. The van der Waals surface area contributed by atoms with E-state index in [1.54, 1.807) is 36.4 Å². The molecule has 2 N–H and O–H groups in total. The molecule has 0 aliphatic carbocycles. The fourth-order valence-electron chi connectivity index (χ4n) is 2.20. The molecule has 3 aromatic rings. The Bertz CT molecular complexity index is 914. The molecule has 0 heterocycles. The lowest BCUT2D eigenvalue weighted by Crippen LogP contribution is -2.13. The molecule has 0 aliphatic heterocycles. The molecule has 3 aromatic carbocycles. The zero-order valence-electron chi connectivity index (χ0n) is 12.9. The van der Waals surface area contributed by atoms with Crippen molar-refractivity contribution in [3.63, 3.8) is 0 Å². The number of halogens is 2. The predicted molar refractivity (Wildman–Crippen MR) is 99.0 cm³/mol. The van der Waals surface area contributed by atoms with E-state index in [-0.39, 0.29) is 21.4 Å². The number of rotatable bonds is 4. The number of benzene rings is 3. The van der Waals surface area contributed by atoms with Crippen LogP contribution in [0.1, 0.15) is 10.4 Å². The van der Waals surface area contributed by atoms with Crippen molar-refractivity contribution in [2.24, 2.45) is 0 Å². The molecule has 0 radical (unpaired) electrons. The number of phenols is 1. The highest BCUT2D eigenvalue weighted by molar-refractivity contribution is 6.36. The number of nitrogens with one attached hydrogen (secondary N) is 1. The fraction of sp³-hybridized carbons (Fsp3) is 0. The molecule has 4 nitrogen and oxygen atoms in total. The lowest BCUT2D eigenvalue weighted by molar-refractivity contribution is 0.102. The second-order valence-corrected chi connectivity index (χ2v) is 5.99. The molecule has 126 valence electrons. The number of anilines is 1. The SMILES string of the molecule is O=C(Nc1ccccc1Oc1ccccc1)c1cc(Cl)cc(Cl)c1O. The molecule has 0 aliphatic rings. The number of hydrogen-bond acceptors (Lipinski definition) is 3. The maximum atomic E-state index is 12.5. The Balaban J connectivity index is 1.87. The Labute approximate surface area is 154 Å². The van der Waals surface area contributed by atoms with Gasteiger partial charge < -0.3 is 15.2 Å². The van der Waals surface area contributed by atoms with Gasteiger partial charge in [-0.25, -0.2) is 0 Å². The standard InChI is InChI=1S/C19H13Cl2NO3/c20-12-10-14(18(23)15(21)11-12)19(24)22-16-8-4-5-9-17(16)25-13-6-2-1-3-7-13/h1-11,23H,(H,22,24). The third kappa shape index (κ3) is 4.05. The number of carbonyl (C=O) groups is 1. The van der Waals surface area contributed by atoms with Crippen molar-refractivity contribution in [3.05, 3.63) is 82.3 Å². The molecule has 0 unspecified atom stereocenters. The number of aromatic hydroxyl groups is 1. The van der Waals surface area contributed by atoms with E-state index in [0.717, 1.165) is 0 Å². The number of ether oxygens (including phenoxy) is 1. The second kappa shape index (κ2) is 7.47. The Kier molecular flexibility index (Phi) is 5.12. The highest BCUT2D eigenvalue weighted by Crippen LogP contribution is 2.33. The van der Waals surface area contributed by atoms with Gasteiger partial charge in [-0.05, 0) is 36.4 Å². The Morgan fingerprint density at radius 2 is 1.64 bits per heavy atom. The molecule has 25 heavy (non-hydrogen) atoms. The third-order valence-electron chi connectivity index (χ3n) is 3.38. The Hall–Kier alpha value is -2.69. The van der Waals surface area contributed by atoms with Gasteiger partial charge in [-0.3, -0.25) is 4.79 Å². The van der Waals surface area contributed by atoms with Gasteiger partial charge in [0.2, 0.25) is 0 Å². The zero-order valence-corrected chi connectivity index (χ0v) is 14.4. The summed E-state index contributed by atoms with van der Waals surface area (Å²) in [5.74, 6) is 0.226. The van der Waals surface area contributed by atoms with Crippen molar-refractivity contribution < 1.29 is 14.6 Å². The zero-order chi connectivity index (χ0) is 17.8. The summed E-state index contributed by atoms with van der Waals surface area (Å²) in [6.45, 7) is 0. The van der Waals surface area contributed by atoms with Crippen LogP contribution in [0.3, 0.4) is 0 Å². The van der Waals surface area contributed by atoms with Crippen molar-refractivity contribution in [2.45, 2.75) is 0 Å². The minimum atomic E-state index is -0.550. The first-order chi connectivity index (χ1) is 12.0. The number of para-hydroxylation sites is 3. The van der Waals surface area contributed by atoms with Crippen LogP contribution in [-0.2, 0) is 0 Å². The van der Waals surface area contributed by atoms with Crippen molar-refractivity contribution in [2.75, 3.05) is 5.32 Å². The van der Waals surface area contributed by atoms with Gasteiger partial charge in [-0.15, -0.1) is 0 Å². The van der Waals surface area contributed by atoms with Gasteiger partial charge >= 0.3 is 0 Å². The van der Waals surface area contributed by atoms with Crippen LogP contribution in [0.2, 0.25) is 10.0 Å². The van der Waals surface area contributed by atoms with Crippen LogP contribution in [0.15, 0.2) is 66.7 Å². The highest BCUT2D eigenvalue weighted by atomic mass is 35.5. The van der Waals surface area contributed by atoms with E-state index in [0.29, 0.717) is 17.2 Å². The van der Waals surface area contributed by atoms with Crippen LogP contribution >= 0.6 is 23.2 Å². The number of carbonyl (C=O) groups excluding carboxylic acids is 1. The molecule has 3 rings (SSSR count). The summed E-state index contributed by atoms with van der Waals surface area (Å²) < 4.78 is 5.79. The molecule has 6 heteroatoms. The predicted octanol–water partition coefficient (Wildman–Crippen LogP) is 5.74. The normalized spacial score (nSPS) is 10.3. The molecular weight excluding hydrogens is 361 g/mol. The van der Waals surface area contributed by atoms with E-state index < -0.39 is 5.91 Å². The van der Waals surface area contributed by atoms with E-state index in [4.69, 9.17) is 27.9 Å². The molecular formula is C19H13Cl2NO3. The van der Waals surface area contributed by atoms with Crippen LogP contribution in [0.25, 0.3) is 0 Å². The lowest BCUT2D eigenvalue weighted by atomic mass is 10.1. The van der Waals surface area contributed by atoms with Crippen LogP contribution in [0, 0.1) is 0 Å². The minimum Gasteiger partial charge on any atom is -0.506 e. The largest absolute Gasteiger partial charge is 0.506 e. The van der Waals surface area contributed by atoms with Gasteiger partial charge in [0.25, 0.3) is 5.91 Å². The molecule has 0 bridgehead atoms. The Morgan fingerprint density at radius 3 is 2.40 bits per heavy atom. The third-order valence-corrected chi connectivity index (χ3v) is 3.89. The first-order valence-electron chi connectivity index (χ1n) is 7.36. The molecule has 0 atom stereocenters. The summed E-state index contributed by atoms with van der Waals surface area (Å²) in [7, 11) is 0. The summed E-state index contributed by atoms with van der Waals surface area (Å²) >= 11 is 11.8. The first kappa shape index (κ1) is 17.1. The van der Waals surface area contributed by atoms with Crippen LogP contribution in [-0.4, -0.2) is 11.0 Å². The van der Waals surface area contributed by atoms with Gasteiger partial charge in [-0.1, -0.05) is 53.5 Å². The Morgan fingerprint density at radius 1 is 0.960 bits per heavy atom. The maximum absolute atomic E-state index is 12.5. The van der Waals surface area contributed by atoms with Crippen molar-refractivity contribution in [3.8, 4) is 17.2 Å². The summed E-state index contributed by atoms with van der Waals surface area (Å²) in [6, 6.07) is 18.9. The highest BCUT2D eigenvalue weighted by Gasteiger charge is 2.17. The fourth-order valence-corrected chi connectivity index (χ4v) is 2.70. The first-order valence-corrected chi connectivity index (χ1v) is 8.11. The topological polar surface area (TPSA) is 58.6 Å². The second-order valence-electron chi connectivity index (χ2n) is 5.15. The molecule has 0 spiro atoms.